The standard InChI is InChI=1S/C23H21F3N2O/c1-16(19-6-5-7-20(14-19)23(24,25)26)27-15-17-10-12-18(13-11-17)22(29)28-21-8-3-2-4-9-21/h2-14,16,27H,15H2,1H3,(H,28,29). The molecule has 0 saturated carbocycles. The molecular weight excluding hydrogens is 377 g/mol. The van der Waals surface area contributed by atoms with Crippen molar-refractivity contribution in [2.75, 3.05) is 5.32 Å². The van der Waals surface area contributed by atoms with Gasteiger partial charge in [0.1, 0.15) is 0 Å². The van der Waals surface area contributed by atoms with Crippen molar-refractivity contribution in [2.24, 2.45) is 0 Å². The van der Waals surface area contributed by atoms with E-state index in [4.69, 9.17) is 0 Å². The monoisotopic (exact) mass is 398 g/mol. The van der Waals surface area contributed by atoms with Crippen LogP contribution in [0.5, 0.6) is 0 Å². The summed E-state index contributed by atoms with van der Waals surface area (Å²) in [4.78, 5) is 12.3. The van der Waals surface area contributed by atoms with E-state index in [-0.39, 0.29) is 11.9 Å². The Bertz CT molecular complexity index is 954. The van der Waals surface area contributed by atoms with Crippen LogP contribution in [0.3, 0.4) is 0 Å². The summed E-state index contributed by atoms with van der Waals surface area (Å²) in [6.45, 7) is 2.29. The maximum absolute atomic E-state index is 12.9. The Balaban J connectivity index is 1.58. The number of nitrogens with one attached hydrogen (secondary N) is 2. The van der Waals surface area contributed by atoms with E-state index in [9.17, 15) is 18.0 Å². The lowest BCUT2D eigenvalue weighted by atomic mass is 10.0. The van der Waals surface area contributed by atoms with Gasteiger partial charge in [-0.2, -0.15) is 13.2 Å². The number of anilines is 1. The highest BCUT2D eigenvalue weighted by molar-refractivity contribution is 6.04. The Hall–Kier alpha value is -3.12. The number of alkyl halides is 3. The van der Waals surface area contributed by atoms with Gasteiger partial charge in [0.2, 0.25) is 0 Å². The minimum absolute atomic E-state index is 0.201. The summed E-state index contributed by atoms with van der Waals surface area (Å²) >= 11 is 0. The Kier molecular flexibility index (Phi) is 6.34. The molecule has 3 rings (SSSR count). The van der Waals surface area contributed by atoms with Crippen LogP contribution in [0.1, 0.15) is 40.0 Å². The molecule has 2 N–H and O–H groups in total. The summed E-state index contributed by atoms with van der Waals surface area (Å²) in [6.07, 6.45) is -4.36. The zero-order chi connectivity index (χ0) is 20.9. The van der Waals surface area contributed by atoms with Gasteiger partial charge in [-0.1, -0.05) is 42.5 Å². The number of hydrogen-bond acceptors (Lipinski definition) is 2. The van der Waals surface area contributed by atoms with Crippen LogP contribution in [0.15, 0.2) is 78.9 Å². The summed E-state index contributed by atoms with van der Waals surface area (Å²) in [5.74, 6) is -0.201. The predicted molar refractivity (Wildman–Crippen MR) is 108 cm³/mol. The van der Waals surface area contributed by atoms with Gasteiger partial charge in [0.25, 0.3) is 5.91 Å². The predicted octanol–water partition coefficient (Wildman–Crippen LogP) is 5.81. The number of amides is 1. The van der Waals surface area contributed by atoms with Crippen molar-refractivity contribution in [3.8, 4) is 0 Å². The van der Waals surface area contributed by atoms with Crippen LogP contribution < -0.4 is 10.6 Å². The fourth-order valence-corrected chi connectivity index (χ4v) is 2.87. The third-order valence-electron chi connectivity index (χ3n) is 4.57. The maximum atomic E-state index is 12.9. The average molecular weight is 398 g/mol. The van der Waals surface area contributed by atoms with Gasteiger partial charge in [-0.3, -0.25) is 4.79 Å². The molecule has 0 saturated heterocycles. The molecule has 3 aromatic rings. The highest BCUT2D eigenvalue weighted by Crippen LogP contribution is 2.30. The van der Waals surface area contributed by atoms with Crippen LogP contribution in [0, 0.1) is 0 Å². The van der Waals surface area contributed by atoms with E-state index in [0.717, 1.165) is 23.4 Å². The van der Waals surface area contributed by atoms with Gasteiger partial charge >= 0.3 is 6.18 Å². The van der Waals surface area contributed by atoms with Crippen molar-refractivity contribution in [1.29, 1.82) is 0 Å². The van der Waals surface area contributed by atoms with Crippen molar-refractivity contribution in [3.63, 3.8) is 0 Å². The molecule has 29 heavy (non-hydrogen) atoms. The van der Waals surface area contributed by atoms with Crippen molar-refractivity contribution >= 4 is 11.6 Å². The van der Waals surface area contributed by atoms with Crippen LogP contribution in [0.4, 0.5) is 18.9 Å². The van der Waals surface area contributed by atoms with E-state index in [0.29, 0.717) is 17.7 Å². The smallest absolute Gasteiger partial charge is 0.322 e. The lowest BCUT2D eigenvalue weighted by Crippen LogP contribution is -2.19. The quantitative estimate of drug-likeness (QED) is 0.550. The van der Waals surface area contributed by atoms with Gasteiger partial charge in [0.15, 0.2) is 0 Å². The molecule has 0 aliphatic carbocycles. The van der Waals surface area contributed by atoms with Crippen LogP contribution in [-0.4, -0.2) is 5.91 Å². The molecule has 0 fully saturated rings. The third-order valence-corrected chi connectivity index (χ3v) is 4.57. The lowest BCUT2D eigenvalue weighted by Gasteiger charge is -2.16. The molecular formula is C23H21F3N2O. The molecule has 0 aromatic heterocycles. The second-order valence-corrected chi connectivity index (χ2v) is 6.74. The first-order valence-corrected chi connectivity index (χ1v) is 9.19. The Morgan fingerprint density at radius 2 is 1.62 bits per heavy atom. The summed E-state index contributed by atoms with van der Waals surface area (Å²) in [5.41, 5.74) is 2.10. The minimum atomic E-state index is -4.36. The summed E-state index contributed by atoms with van der Waals surface area (Å²) < 4.78 is 38.6. The van der Waals surface area contributed by atoms with Crippen molar-refractivity contribution in [2.45, 2.75) is 25.7 Å². The van der Waals surface area contributed by atoms with Gasteiger partial charge < -0.3 is 10.6 Å². The summed E-state index contributed by atoms with van der Waals surface area (Å²) in [6, 6.07) is 21.3. The first-order valence-electron chi connectivity index (χ1n) is 9.19. The molecule has 150 valence electrons. The van der Waals surface area contributed by atoms with E-state index < -0.39 is 11.7 Å². The second-order valence-electron chi connectivity index (χ2n) is 6.74. The molecule has 3 aromatic carbocycles. The van der Waals surface area contributed by atoms with Gasteiger partial charge in [0, 0.05) is 23.8 Å². The largest absolute Gasteiger partial charge is 0.416 e. The summed E-state index contributed by atoms with van der Waals surface area (Å²) in [5, 5.41) is 6.03. The number of carbonyl (C=O) groups excluding carboxylic acids is 1. The van der Waals surface area contributed by atoms with Crippen LogP contribution in [0.25, 0.3) is 0 Å². The normalized spacial score (nSPS) is 12.4. The third kappa shape index (κ3) is 5.68. The molecule has 0 bridgehead atoms. The van der Waals surface area contributed by atoms with Gasteiger partial charge in [-0.05, 0) is 54.4 Å². The molecule has 0 heterocycles. The maximum Gasteiger partial charge on any atom is 0.416 e. The number of carbonyl (C=O) groups is 1. The van der Waals surface area contributed by atoms with E-state index in [1.165, 1.54) is 6.07 Å². The zero-order valence-corrected chi connectivity index (χ0v) is 15.8. The number of rotatable bonds is 6. The van der Waals surface area contributed by atoms with Gasteiger partial charge in [-0.15, -0.1) is 0 Å². The molecule has 0 radical (unpaired) electrons. The fraction of sp³-hybridized carbons (Fsp3) is 0.174. The van der Waals surface area contributed by atoms with E-state index >= 15 is 0 Å². The van der Waals surface area contributed by atoms with E-state index in [2.05, 4.69) is 10.6 Å². The Morgan fingerprint density at radius 1 is 0.931 bits per heavy atom. The van der Waals surface area contributed by atoms with Crippen molar-refractivity contribution in [3.05, 3.63) is 101 Å². The number of benzene rings is 3. The molecule has 1 amide bonds. The van der Waals surface area contributed by atoms with E-state index in [1.54, 1.807) is 18.2 Å². The van der Waals surface area contributed by atoms with Crippen molar-refractivity contribution in [1.82, 2.24) is 5.32 Å². The van der Waals surface area contributed by atoms with Gasteiger partial charge in [0.05, 0.1) is 5.56 Å². The molecule has 0 aliphatic heterocycles. The zero-order valence-electron chi connectivity index (χ0n) is 15.8. The minimum Gasteiger partial charge on any atom is -0.322 e. The van der Waals surface area contributed by atoms with Crippen LogP contribution >= 0.6 is 0 Å². The molecule has 0 aliphatic rings. The Labute approximate surface area is 167 Å². The molecule has 0 spiro atoms. The topological polar surface area (TPSA) is 41.1 Å². The molecule has 6 heteroatoms. The van der Waals surface area contributed by atoms with Crippen LogP contribution in [-0.2, 0) is 12.7 Å². The first kappa shape index (κ1) is 20.6. The first-order chi connectivity index (χ1) is 13.8. The fourth-order valence-electron chi connectivity index (χ4n) is 2.87. The molecule has 1 atom stereocenters. The van der Waals surface area contributed by atoms with Crippen molar-refractivity contribution < 1.29 is 18.0 Å². The SMILES string of the molecule is CC(NCc1ccc(C(=O)Nc2ccccc2)cc1)c1cccc(C(F)(F)F)c1. The number of hydrogen-bond donors (Lipinski definition) is 2. The number of para-hydroxylation sites is 1. The molecule has 1 unspecified atom stereocenters. The van der Waals surface area contributed by atoms with Crippen LogP contribution in [0.2, 0.25) is 0 Å². The Morgan fingerprint density at radius 3 is 2.28 bits per heavy atom. The average Bonchev–Trinajstić information content (AvgIpc) is 2.72. The lowest BCUT2D eigenvalue weighted by molar-refractivity contribution is -0.137. The van der Waals surface area contributed by atoms with E-state index in [1.807, 2.05) is 49.4 Å². The molecule has 3 nitrogen and oxygen atoms in total. The highest BCUT2D eigenvalue weighted by atomic mass is 19.4. The van der Waals surface area contributed by atoms with Gasteiger partial charge in [-0.25, -0.2) is 0 Å². The number of halogens is 3. The second kappa shape index (κ2) is 8.92. The highest BCUT2D eigenvalue weighted by Gasteiger charge is 2.30. The summed E-state index contributed by atoms with van der Waals surface area (Å²) in [7, 11) is 0.